The van der Waals surface area contributed by atoms with E-state index in [1.54, 1.807) is 18.5 Å². The lowest BCUT2D eigenvalue weighted by molar-refractivity contribution is 0.606. The molecule has 0 aliphatic heterocycles. The molecule has 0 N–H and O–H groups in total. The fourth-order valence-electron chi connectivity index (χ4n) is 1.91. The summed E-state index contributed by atoms with van der Waals surface area (Å²) in [6, 6.07) is 5.20. The topological polar surface area (TPSA) is 30.7 Å². The predicted octanol–water partition coefficient (Wildman–Crippen LogP) is 3.00. The van der Waals surface area contributed by atoms with Gasteiger partial charge in [0.2, 0.25) is 0 Å². The molecule has 3 nitrogen and oxygen atoms in total. The van der Waals surface area contributed by atoms with Crippen molar-refractivity contribution in [2.24, 2.45) is 0 Å². The Labute approximate surface area is 103 Å². The van der Waals surface area contributed by atoms with Crippen LogP contribution in [0, 0.1) is 5.82 Å². The van der Waals surface area contributed by atoms with E-state index in [1.165, 1.54) is 6.07 Å². The molecule has 0 radical (unpaired) electrons. The molecule has 0 saturated heterocycles. The van der Waals surface area contributed by atoms with E-state index in [2.05, 4.69) is 10.2 Å². The second kappa shape index (κ2) is 4.11. The van der Waals surface area contributed by atoms with Gasteiger partial charge in [0.05, 0.1) is 0 Å². The van der Waals surface area contributed by atoms with Crippen LogP contribution in [-0.4, -0.2) is 14.8 Å². The van der Waals surface area contributed by atoms with Gasteiger partial charge in [-0.3, -0.25) is 0 Å². The number of hydrogen-bond donors (Lipinski definition) is 0. The van der Waals surface area contributed by atoms with Crippen LogP contribution in [0.5, 0.6) is 0 Å². The Morgan fingerprint density at radius 2 is 2.24 bits per heavy atom. The van der Waals surface area contributed by atoms with E-state index >= 15 is 0 Å². The Morgan fingerprint density at radius 3 is 2.94 bits per heavy atom. The number of rotatable bonds is 3. The highest BCUT2D eigenvalue weighted by Crippen LogP contribution is 2.36. The Morgan fingerprint density at radius 1 is 1.41 bits per heavy atom. The van der Waals surface area contributed by atoms with Crippen LogP contribution in [0.25, 0.3) is 0 Å². The first-order valence-electron chi connectivity index (χ1n) is 5.57. The molecule has 17 heavy (non-hydrogen) atoms. The zero-order valence-corrected chi connectivity index (χ0v) is 9.86. The van der Waals surface area contributed by atoms with Crippen LogP contribution in [0.4, 0.5) is 4.39 Å². The second-order valence-corrected chi connectivity index (χ2v) is 4.67. The summed E-state index contributed by atoms with van der Waals surface area (Å²) >= 11 is 6.00. The van der Waals surface area contributed by atoms with Crippen LogP contribution in [0.1, 0.15) is 30.3 Å². The Hall–Kier alpha value is -1.42. The number of halogens is 2. The Kier molecular flexibility index (Phi) is 2.59. The van der Waals surface area contributed by atoms with Crippen molar-refractivity contribution < 1.29 is 4.39 Å². The predicted molar refractivity (Wildman–Crippen MR) is 62.5 cm³/mol. The second-order valence-electron chi connectivity index (χ2n) is 4.26. The zero-order valence-electron chi connectivity index (χ0n) is 9.11. The maximum atomic E-state index is 13.6. The van der Waals surface area contributed by atoms with Gasteiger partial charge >= 0.3 is 0 Å². The summed E-state index contributed by atoms with van der Waals surface area (Å²) in [6.07, 6.45) is 4.40. The average molecular weight is 252 g/mol. The molecule has 0 atom stereocenters. The summed E-state index contributed by atoms with van der Waals surface area (Å²) in [7, 11) is 0. The van der Waals surface area contributed by atoms with Gasteiger partial charge in [0, 0.05) is 23.0 Å². The van der Waals surface area contributed by atoms with Gasteiger partial charge in [-0.2, -0.15) is 0 Å². The Bertz CT molecular complexity index is 528. The standard InChI is InChI=1S/C12H11ClFN3/c13-10-2-1-3-11(14)9(10)6-12-16-15-7-17(12)8-4-5-8/h1-3,7-8H,4-6H2. The molecule has 1 aliphatic rings. The van der Waals surface area contributed by atoms with Crippen molar-refractivity contribution in [1.29, 1.82) is 0 Å². The highest BCUT2D eigenvalue weighted by atomic mass is 35.5. The minimum absolute atomic E-state index is 0.289. The van der Waals surface area contributed by atoms with Gasteiger partial charge in [0.25, 0.3) is 0 Å². The quantitative estimate of drug-likeness (QED) is 0.840. The van der Waals surface area contributed by atoms with Crippen LogP contribution in [0.15, 0.2) is 24.5 Å². The fraction of sp³-hybridized carbons (Fsp3) is 0.333. The van der Waals surface area contributed by atoms with Crippen molar-refractivity contribution in [2.45, 2.75) is 25.3 Å². The highest BCUT2D eigenvalue weighted by Gasteiger charge is 2.26. The van der Waals surface area contributed by atoms with Crippen LogP contribution >= 0.6 is 11.6 Å². The van der Waals surface area contributed by atoms with Crippen molar-refractivity contribution in [2.75, 3.05) is 0 Å². The first-order chi connectivity index (χ1) is 8.25. The first-order valence-corrected chi connectivity index (χ1v) is 5.95. The number of benzene rings is 1. The van der Waals surface area contributed by atoms with E-state index in [0.717, 1.165) is 18.7 Å². The van der Waals surface area contributed by atoms with E-state index in [1.807, 2.05) is 4.57 Å². The van der Waals surface area contributed by atoms with Crippen LogP contribution in [0.3, 0.4) is 0 Å². The van der Waals surface area contributed by atoms with E-state index < -0.39 is 0 Å². The average Bonchev–Trinajstić information content (AvgIpc) is 3.04. The lowest BCUT2D eigenvalue weighted by atomic mass is 10.1. The van der Waals surface area contributed by atoms with Crippen molar-refractivity contribution in [1.82, 2.24) is 14.8 Å². The van der Waals surface area contributed by atoms with Gasteiger partial charge < -0.3 is 4.57 Å². The number of hydrogen-bond acceptors (Lipinski definition) is 2. The van der Waals surface area contributed by atoms with Gasteiger partial charge in [-0.1, -0.05) is 17.7 Å². The molecule has 0 amide bonds. The van der Waals surface area contributed by atoms with Gasteiger partial charge in [-0.15, -0.1) is 10.2 Å². The Balaban J connectivity index is 1.93. The normalized spacial score (nSPS) is 15.2. The minimum Gasteiger partial charge on any atom is -0.314 e. The molecule has 3 rings (SSSR count). The van der Waals surface area contributed by atoms with Crippen LogP contribution in [-0.2, 0) is 6.42 Å². The van der Waals surface area contributed by atoms with Crippen molar-refractivity contribution >= 4 is 11.6 Å². The molecule has 0 bridgehead atoms. The molecule has 1 aliphatic carbocycles. The molecule has 0 spiro atoms. The molecular formula is C12H11ClFN3. The molecule has 1 aromatic heterocycles. The van der Waals surface area contributed by atoms with Gasteiger partial charge in [-0.05, 0) is 25.0 Å². The third-order valence-electron chi connectivity index (χ3n) is 2.98. The SMILES string of the molecule is Fc1cccc(Cl)c1Cc1nncn1C1CC1. The molecule has 2 aromatic rings. The van der Waals surface area contributed by atoms with Crippen molar-refractivity contribution in [3.63, 3.8) is 0 Å². The maximum Gasteiger partial charge on any atom is 0.137 e. The summed E-state index contributed by atoms with van der Waals surface area (Å²) in [5.74, 6) is 0.488. The molecule has 1 saturated carbocycles. The monoisotopic (exact) mass is 251 g/mol. The summed E-state index contributed by atoms with van der Waals surface area (Å²) in [5.41, 5.74) is 0.490. The third kappa shape index (κ3) is 2.05. The van der Waals surface area contributed by atoms with E-state index in [9.17, 15) is 4.39 Å². The van der Waals surface area contributed by atoms with Crippen LogP contribution < -0.4 is 0 Å². The summed E-state index contributed by atoms with van der Waals surface area (Å²) < 4.78 is 15.7. The highest BCUT2D eigenvalue weighted by molar-refractivity contribution is 6.31. The van der Waals surface area contributed by atoms with Crippen molar-refractivity contribution in [3.8, 4) is 0 Å². The summed E-state index contributed by atoms with van der Waals surface area (Å²) in [5, 5.41) is 8.37. The summed E-state index contributed by atoms with van der Waals surface area (Å²) in [6.45, 7) is 0. The molecule has 88 valence electrons. The molecule has 5 heteroatoms. The molecular weight excluding hydrogens is 241 g/mol. The third-order valence-corrected chi connectivity index (χ3v) is 3.34. The maximum absolute atomic E-state index is 13.6. The smallest absolute Gasteiger partial charge is 0.137 e. The number of nitrogens with zero attached hydrogens (tertiary/aromatic N) is 3. The van der Waals surface area contributed by atoms with E-state index in [0.29, 0.717) is 23.0 Å². The molecule has 1 aromatic carbocycles. The van der Waals surface area contributed by atoms with Gasteiger partial charge in [0.1, 0.15) is 18.0 Å². The van der Waals surface area contributed by atoms with Crippen molar-refractivity contribution in [3.05, 3.63) is 46.8 Å². The molecule has 0 unspecified atom stereocenters. The van der Waals surface area contributed by atoms with E-state index in [4.69, 9.17) is 11.6 Å². The van der Waals surface area contributed by atoms with Crippen LogP contribution in [0.2, 0.25) is 5.02 Å². The largest absolute Gasteiger partial charge is 0.314 e. The van der Waals surface area contributed by atoms with Gasteiger partial charge in [0.15, 0.2) is 0 Å². The summed E-state index contributed by atoms with van der Waals surface area (Å²) in [4.78, 5) is 0. The molecule has 1 heterocycles. The lowest BCUT2D eigenvalue weighted by Gasteiger charge is -2.07. The number of aromatic nitrogens is 3. The molecule has 1 fully saturated rings. The zero-order chi connectivity index (χ0) is 11.8. The minimum atomic E-state index is -0.289. The fourth-order valence-corrected chi connectivity index (χ4v) is 2.14. The van der Waals surface area contributed by atoms with E-state index in [-0.39, 0.29) is 5.82 Å². The lowest BCUT2D eigenvalue weighted by Crippen LogP contribution is -2.03. The van der Waals surface area contributed by atoms with Gasteiger partial charge in [-0.25, -0.2) is 4.39 Å². The first kappa shape index (κ1) is 10.7.